The molecular formula is C18H14ClF3N4. The highest BCUT2D eigenvalue weighted by Crippen LogP contribution is 2.30. The molecule has 3 aromatic rings. The zero-order chi connectivity index (χ0) is 18.6. The SMILES string of the molecule is FC(F)(F)c1ccc(-c2nc(Cl)cc(NCCc3ccncc3)n2)cc1. The number of nitrogens with one attached hydrogen (secondary N) is 1. The Morgan fingerprint density at radius 1 is 0.962 bits per heavy atom. The fraction of sp³-hybridized carbons (Fsp3) is 0.167. The number of benzene rings is 1. The molecule has 0 saturated carbocycles. The first kappa shape index (κ1) is 18.1. The number of alkyl halides is 3. The van der Waals surface area contributed by atoms with E-state index in [1.54, 1.807) is 18.5 Å². The molecule has 4 nitrogen and oxygen atoms in total. The summed E-state index contributed by atoms with van der Waals surface area (Å²) in [7, 11) is 0. The van der Waals surface area contributed by atoms with Crippen molar-refractivity contribution in [3.63, 3.8) is 0 Å². The summed E-state index contributed by atoms with van der Waals surface area (Å²) >= 11 is 6.02. The standard InChI is InChI=1S/C18H14ClF3N4/c19-15-11-16(24-10-7-12-5-8-23-9-6-12)26-17(25-15)13-1-3-14(4-2-13)18(20,21)22/h1-6,8-9,11H,7,10H2,(H,24,25,26). The maximum Gasteiger partial charge on any atom is 0.416 e. The van der Waals surface area contributed by atoms with Crippen molar-refractivity contribution in [3.8, 4) is 11.4 Å². The molecule has 0 atom stereocenters. The highest BCUT2D eigenvalue weighted by atomic mass is 35.5. The van der Waals surface area contributed by atoms with Gasteiger partial charge in [-0.05, 0) is 36.2 Å². The van der Waals surface area contributed by atoms with E-state index in [0.717, 1.165) is 24.1 Å². The Bertz CT molecular complexity index is 868. The molecular weight excluding hydrogens is 365 g/mol. The van der Waals surface area contributed by atoms with Crippen LogP contribution in [0.25, 0.3) is 11.4 Å². The summed E-state index contributed by atoms with van der Waals surface area (Å²) in [6.45, 7) is 0.615. The Morgan fingerprint density at radius 3 is 2.31 bits per heavy atom. The number of halogens is 4. The van der Waals surface area contributed by atoms with Crippen molar-refractivity contribution in [2.24, 2.45) is 0 Å². The third-order valence-electron chi connectivity index (χ3n) is 3.63. The number of hydrogen-bond donors (Lipinski definition) is 1. The average Bonchev–Trinajstić information content (AvgIpc) is 2.62. The number of hydrogen-bond acceptors (Lipinski definition) is 4. The fourth-order valence-electron chi connectivity index (χ4n) is 2.33. The lowest BCUT2D eigenvalue weighted by molar-refractivity contribution is -0.137. The number of aromatic nitrogens is 3. The van der Waals surface area contributed by atoms with Crippen molar-refractivity contribution < 1.29 is 13.2 Å². The molecule has 0 radical (unpaired) electrons. The average molecular weight is 379 g/mol. The Kier molecular flexibility index (Phi) is 5.37. The summed E-state index contributed by atoms with van der Waals surface area (Å²) in [6, 6.07) is 10.1. The van der Waals surface area contributed by atoms with Gasteiger partial charge in [-0.15, -0.1) is 0 Å². The van der Waals surface area contributed by atoms with E-state index in [0.29, 0.717) is 17.9 Å². The fourth-order valence-corrected chi connectivity index (χ4v) is 2.51. The molecule has 134 valence electrons. The van der Waals surface area contributed by atoms with Gasteiger partial charge in [0.1, 0.15) is 11.0 Å². The summed E-state index contributed by atoms with van der Waals surface area (Å²) in [5.41, 5.74) is 0.854. The van der Waals surface area contributed by atoms with Gasteiger partial charge in [0.15, 0.2) is 5.82 Å². The Hall–Kier alpha value is -2.67. The van der Waals surface area contributed by atoms with Gasteiger partial charge in [-0.1, -0.05) is 23.7 Å². The van der Waals surface area contributed by atoms with E-state index in [1.807, 2.05) is 12.1 Å². The van der Waals surface area contributed by atoms with E-state index < -0.39 is 11.7 Å². The Labute approximate surface area is 153 Å². The molecule has 0 spiro atoms. The van der Waals surface area contributed by atoms with E-state index in [2.05, 4.69) is 20.3 Å². The van der Waals surface area contributed by atoms with Crippen molar-refractivity contribution in [3.05, 3.63) is 71.1 Å². The van der Waals surface area contributed by atoms with Crippen molar-refractivity contribution >= 4 is 17.4 Å². The van der Waals surface area contributed by atoms with Gasteiger partial charge in [0.05, 0.1) is 5.56 Å². The smallest absolute Gasteiger partial charge is 0.370 e. The molecule has 0 saturated heterocycles. The van der Waals surface area contributed by atoms with Gasteiger partial charge >= 0.3 is 6.18 Å². The molecule has 0 aliphatic heterocycles. The van der Waals surface area contributed by atoms with Gasteiger partial charge in [-0.25, -0.2) is 9.97 Å². The normalized spacial score (nSPS) is 11.4. The molecule has 2 heterocycles. The second kappa shape index (κ2) is 7.70. The topological polar surface area (TPSA) is 50.7 Å². The lowest BCUT2D eigenvalue weighted by atomic mass is 10.1. The first-order valence-electron chi connectivity index (χ1n) is 7.77. The highest BCUT2D eigenvalue weighted by molar-refractivity contribution is 6.29. The molecule has 0 bridgehead atoms. The zero-order valence-electron chi connectivity index (χ0n) is 13.5. The second-order valence-electron chi connectivity index (χ2n) is 5.51. The summed E-state index contributed by atoms with van der Waals surface area (Å²) in [6.07, 6.45) is -0.174. The van der Waals surface area contributed by atoms with Crippen LogP contribution in [0.15, 0.2) is 54.9 Å². The highest BCUT2D eigenvalue weighted by Gasteiger charge is 2.30. The minimum Gasteiger partial charge on any atom is -0.370 e. The number of pyridine rings is 1. The van der Waals surface area contributed by atoms with Crippen LogP contribution in [0.5, 0.6) is 0 Å². The molecule has 0 aliphatic carbocycles. The van der Waals surface area contributed by atoms with Crippen LogP contribution in [0.2, 0.25) is 5.15 Å². The minimum absolute atomic E-state index is 0.210. The molecule has 3 rings (SSSR count). The largest absolute Gasteiger partial charge is 0.416 e. The van der Waals surface area contributed by atoms with Crippen LogP contribution in [0.4, 0.5) is 19.0 Å². The predicted octanol–water partition coefficient (Wildman–Crippen LogP) is 4.87. The molecule has 0 fully saturated rings. The summed E-state index contributed by atoms with van der Waals surface area (Å²) in [5.74, 6) is 0.770. The number of nitrogens with zero attached hydrogens (tertiary/aromatic N) is 3. The van der Waals surface area contributed by atoms with Crippen molar-refractivity contribution in [2.75, 3.05) is 11.9 Å². The molecule has 0 amide bonds. The van der Waals surface area contributed by atoms with E-state index in [9.17, 15) is 13.2 Å². The van der Waals surface area contributed by atoms with Gasteiger partial charge < -0.3 is 5.32 Å². The minimum atomic E-state index is -4.38. The van der Waals surface area contributed by atoms with E-state index >= 15 is 0 Å². The van der Waals surface area contributed by atoms with Gasteiger partial charge in [0.25, 0.3) is 0 Å². The van der Waals surface area contributed by atoms with Crippen molar-refractivity contribution in [1.82, 2.24) is 15.0 Å². The molecule has 0 unspecified atom stereocenters. The van der Waals surface area contributed by atoms with Gasteiger partial charge in [0, 0.05) is 30.6 Å². The number of rotatable bonds is 5. The van der Waals surface area contributed by atoms with E-state index in [1.165, 1.54) is 12.1 Å². The van der Waals surface area contributed by atoms with E-state index in [-0.39, 0.29) is 11.0 Å². The van der Waals surface area contributed by atoms with Crippen LogP contribution in [0, 0.1) is 0 Å². The van der Waals surface area contributed by atoms with Crippen LogP contribution >= 0.6 is 11.6 Å². The molecule has 2 aromatic heterocycles. The van der Waals surface area contributed by atoms with Crippen LogP contribution in [-0.4, -0.2) is 21.5 Å². The van der Waals surface area contributed by atoms with Crippen molar-refractivity contribution in [1.29, 1.82) is 0 Å². The third kappa shape index (κ3) is 4.70. The van der Waals surface area contributed by atoms with E-state index in [4.69, 9.17) is 11.6 Å². The first-order chi connectivity index (χ1) is 12.4. The van der Waals surface area contributed by atoms with Gasteiger partial charge in [0.2, 0.25) is 0 Å². The van der Waals surface area contributed by atoms with Crippen molar-refractivity contribution in [2.45, 2.75) is 12.6 Å². The van der Waals surface area contributed by atoms with Crippen LogP contribution < -0.4 is 5.32 Å². The number of anilines is 1. The van der Waals surface area contributed by atoms with Crippen LogP contribution in [-0.2, 0) is 12.6 Å². The Balaban J connectivity index is 1.73. The lowest BCUT2D eigenvalue weighted by Gasteiger charge is -2.09. The summed E-state index contributed by atoms with van der Waals surface area (Å²) < 4.78 is 38.0. The van der Waals surface area contributed by atoms with Crippen LogP contribution in [0.3, 0.4) is 0 Å². The van der Waals surface area contributed by atoms with Gasteiger partial charge in [-0.2, -0.15) is 13.2 Å². The summed E-state index contributed by atoms with van der Waals surface area (Å²) in [5, 5.41) is 3.35. The Morgan fingerprint density at radius 2 is 1.65 bits per heavy atom. The second-order valence-corrected chi connectivity index (χ2v) is 5.89. The quantitative estimate of drug-likeness (QED) is 0.644. The predicted molar refractivity (Wildman–Crippen MR) is 93.9 cm³/mol. The lowest BCUT2D eigenvalue weighted by Crippen LogP contribution is -2.07. The monoisotopic (exact) mass is 378 g/mol. The van der Waals surface area contributed by atoms with Crippen LogP contribution in [0.1, 0.15) is 11.1 Å². The zero-order valence-corrected chi connectivity index (χ0v) is 14.2. The molecule has 0 aliphatic rings. The third-order valence-corrected chi connectivity index (χ3v) is 3.83. The maximum absolute atomic E-state index is 12.7. The summed E-state index contributed by atoms with van der Waals surface area (Å²) in [4.78, 5) is 12.4. The molecule has 1 N–H and O–H groups in total. The first-order valence-corrected chi connectivity index (χ1v) is 8.14. The van der Waals surface area contributed by atoms with Gasteiger partial charge in [-0.3, -0.25) is 4.98 Å². The maximum atomic E-state index is 12.7. The molecule has 26 heavy (non-hydrogen) atoms. The molecule has 8 heteroatoms. The molecule has 1 aromatic carbocycles.